The third-order valence-electron chi connectivity index (χ3n) is 3.08. The molecule has 18 heavy (non-hydrogen) atoms. The molecule has 0 amide bonds. The summed E-state index contributed by atoms with van der Waals surface area (Å²) in [7, 11) is 0. The van der Waals surface area contributed by atoms with Crippen LogP contribution in [-0.4, -0.2) is 4.98 Å². The lowest BCUT2D eigenvalue weighted by atomic mass is 10.0. The van der Waals surface area contributed by atoms with Gasteiger partial charge in [-0.3, -0.25) is 4.98 Å². The van der Waals surface area contributed by atoms with Gasteiger partial charge >= 0.3 is 0 Å². The molecule has 0 aliphatic heterocycles. The Kier molecular flexibility index (Phi) is 2.86. The highest BCUT2D eigenvalue weighted by Gasteiger charge is 2.13. The normalized spacial score (nSPS) is 12.8. The van der Waals surface area contributed by atoms with Crippen molar-refractivity contribution in [2.24, 2.45) is 5.73 Å². The maximum absolute atomic E-state index is 6.38. The minimum absolute atomic E-state index is 0.0726. The zero-order valence-corrected chi connectivity index (χ0v) is 10.9. The summed E-state index contributed by atoms with van der Waals surface area (Å²) in [5.41, 5.74) is 8.52. The fraction of sp³-hybridized carbons (Fsp3) is 0.133. The molecule has 1 atom stereocenters. The fourth-order valence-corrected chi connectivity index (χ4v) is 3.07. The lowest BCUT2D eigenvalue weighted by Crippen LogP contribution is -2.10. The Hall–Kier alpha value is -1.71. The number of aromatic nitrogens is 1. The van der Waals surface area contributed by atoms with Gasteiger partial charge < -0.3 is 5.73 Å². The molecule has 0 saturated heterocycles. The van der Waals surface area contributed by atoms with E-state index in [1.165, 1.54) is 9.75 Å². The summed E-state index contributed by atoms with van der Waals surface area (Å²) in [4.78, 5) is 6.86. The number of pyridine rings is 1. The first-order valence-electron chi connectivity index (χ1n) is 5.91. The molecule has 0 aliphatic rings. The Bertz CT molecular complexity index is 682. The third-order valence-corrected chi connectivity index (χ3v) is 4.17. The van der Waals surface area contributed by atoms with Crippen molar-refractivity contribution in [1.29, 1.82) is 0 Å². The quantitative estimate of drug-likeness (QED) is 0.758. The van der Waals surface area contributed by atoms with E-state index in [2.05, 4.69) is 36.2 Å². The summed E-state index contributed by atoms with van der Waals surface area (Å²) < 4.78 is 0. The van der Waals surface area contributed by atoms with Crippen LogP contribution in [0.5, 0.6) is 0 Å². The first-order chi connectivity index (χ1) is 8.75. The van der Waals surface area contributed by atoms with E-state index < -0.39 is 0 Å². The van der Waals surface area contributed by atoms with Crippen molar-refractivity contribution >= 4 is 22.2 Å². The Labute approximate surface area is 110 Å². The third kappa shape index (κ3) is 1.92. The zero-order valence-electron chi connectivity index (χ0n) is 10.1. The van der Waals surface area contributed by atoms with Gasteiger partial charge in [-0.1, -0.05) is 18.2 Å². The number of nitrogens with zero attached hydrogens (tertiary/aromatic N) is 1. The molecule has 0 spiro atoms. The Balaban J connectivity index is 2.14. The number of thiophene rings is 1. The van der Waals surface area contributed by atoms with E-state index in [0.717, 1.165) is 16.5 Å². The van der Waals surface area contributed by atoms with E-state index in [-0.39, 0.29) is 6.04 Å². The van der Waals surface area contributed by atoms with Crippen molar-refractivity contribution < 1.29 is 0 Å². The molecular formula is C15H14N2S. The first kappa shape index (κ1) is 11.4. The molecule has 3 rings (SSSR count). The number of aryl methyl sites for hydroxylation is 1. The second-order valence-corrected chi connectivity index (χ2v) is 5.66. The number of hydrogen-bond donors (Lipinski definition) is 1. The van der Waals surface area contributed by atoms with Crippen molar-refractivity contribution in [1.82, 2.24) is 4.98 Å². The van der Waals surface area contributed by atoms with Crippen LogP contribution in [0.3, 0.4) is 0 Å². The highest BCUT2D eigenvalue weighted by atomic mass is 32.1. The molecule has 2 heterocycles. The van der Waals surface area contributed by atoms with Crippen molar-refractivity contribution in [3.05, 3.63) is 64.0 Å². The van der Waals surface area contributed by atoms with Gasteiger partial charge in [-0.15, -0.1) is 11.3 Å². The molecule has 0 aliphatic carbocycles. The van der Waals surface area contributed by atoms with Gasteiger partial charge in [-0.25, -0.2) is 0 Å². The van der Waals surface area contributed by atoms with Crippen LogP contribution < -0.4 is 5.73 Å². The van der Waals surface area contributed by atoms with Gasteiger partial charge in [-0.2, -0.15) is 0 Å². The van der Waals surface area contributed by atoms with Gasteiger partial charge in [-0.05, 0) is 36.8 Å². The second kappa shape index (κ2) is 4.52. The molecule has 0 bridgehead atoms. The Morgan fingerprint density at radius 3 is 2.78 bits per heavy atom. The minimum atomic E-state index is -0.0726. The molecule has 2 nitrogen and oxygen atoms in total. The SMILES string of the molecule is Cc1ccc(C(N)c2cccc3ncccc23)s1. The van der Waals surface area contributed by atoms with Crippen molar-refractivity contribution in [2.75, 3.05) is 0 Å². The number of benzene rings is 1. The maximum atomic E-state index is 6.38. The van der Waals surface area contributed by atoms with Crippen LogP contribution >= 0.6 is 11.3 Å². The monoisotopic (exact) mass is 254 g/mol. The van der Waals surface area contributed by atoms with Crippen LogP contribution in [0.25, 0.3) is 10.9 Å². The summed E-state index contributed by atoms with van der Waals surface area (Å²) in [5.74, 6) is 0. The topological polar surface area (TPSA) is 38.9 Å². The van der Waals surface area contributed by atoms with Crippen LogP contribution in [0.4, 0.5) is 0 Å². The minimum Gasteiger partial charge on any atom is -0.320 e. The molecule has 2 aromatic heterocycles. The predicted molar refractivity (Wildman–Crippen MR) is 76.8 cm³/mol. The lowest BCUT2D eigenvalue weighted by molar-refractivity contribution is 0.903. The van der Waals surface area contributed by atoms with Crippen LogP contribution in [0.15, 0.2) is 48.7 Å². The van der Waals surface area contributed by atoms with Crippen LogP contribution in [0.1, 0.15) is 21.4 Å². The first-order valence-corrected chi connectivity index (χ1v) is 6.73. The Morgan fingerprint density at radius 1 is 1.11 bits per heavy atom. The summed E-state index contributed by atoms with van der Waals surface area (Å²) in [6, 6.07) is 14.3. The van der Waals surface area contributed by atoms with Gasteiger partial charge in [0.2, 0.25) is 0 Å². The van der Waals surface area contributed by atoms with Crippen molar-refractivity contribution in [3.63, 3.8) is 0 Å². The van der Waals surface area contributed by atoms with E-state index in [1.807, 2.05) is 24.4 Å². The standard InChI is InChI=1S/C15H14N2S/c1-10-7-8-14(18-10)15(16)12-4-2-6-13-11(12)5-3-9-17-13/h2-9,15H,16H2,1H3. The molecular weight excluding hydrogens is 240 g/mol. The fourth-order valence-electron chi connectivity index (χ4n) is 2.17. The number of fused-ring (bicyclic) bond motifs is 1. The van der Waals surface area contributed by atoms with Gasteiger partial charge in [0.1, 0.15) is 0 Å². The summed E-state index contributed by atoms with van der Waals surface area (Å²) >= 11 is 1.75. The van der Waals surface area contributed by atoms with Gasteiger partial charge in [0.25, 0.3) is 0 Å². The van der Waals surface area contributed by atoms with E-state index in [4.69, 9.17) is 5.73 Å². The van der Waals surface area contributed by atoms with Crippen molar-refractivity contribution in [2.45, 2.75) is 13.0 Å². The van der Waals surface area contributed by atoms with Gasteiger partial charge in [0.05, 0.1) is 11.6 Å². The molecule has 3 heteroatoms. The zero-order chi connectivity index (χ0) is 12.5. The van der Waals surface area contributed by atoms with E-state index in [1.54, 1.807) is 11.3 Å². The molecule has 2 N–H and O–H groups in total. The van der Waals surface area contributed by atoms with Gasteiger partial charge in [0.15, 0.2) is 0 Å². The number of rotatable bonds is 2. The molecule has 90 valence electrons. The molecule has 3 aromatic rings. The van der Waals surface area contributed by atoms with E-state index in [0.29, 0.717) is 0 Å². The number of nitrogens with two attached hydrogens (primary N) is 1. The average Bonchev–Trinajstić information content (AvgIpc) is 2.84. The maximum Gasteiger partial charge on any atom is 0.0705 e. The van der Waals surface area contributed by atoms with Crippen LogP contribution in [-0.2, 0) is 0 Å². The van der Waals surface area contributed by atoms with Crippen molar-refractivity contribution in [3.8, 4) is 0 Å². The molecule has 0 fully saturated rings. The molecule has 1 aromatic carbocycles. The van der Waals surface area contributed by atoms with Gasteiger partial charge in [0, 0.05) is 21.3 Å². The van der Waals surface area contributed by atoms with E-state index >= 15 is 0 Å². The smallest absolute Gasteiger partial charge is 0.0705 e. The predicted octanol–water partition coefficient (Wildman–Crippen LogP) is 3.65. The Morgan fingerprint density at radius 2 is 2.00 bits per heavy atom. The van der Waals surface area contributed by atoms with E-state index in [9.17, 15) is 0 Å². The lowest BCUT2D eigenvalue weighted by Gasteiger charge is -2.12. The summed E-state index contributed by atoms with van der Waals surface area (Å²) in [6.45, 7) is 2.10. The second-order valence-electron chi connectivity index (χ2n) is 4.34. The largest absolute Gasteiger partial charge is 0.320 e. The molecule has 0 saturated carbocycles. The molecule has 1 unspecified atom stereocenters. The molecule has 0 radical (unpaired) electrons. The average molecular weight is 254 g/mol. The number of hydrogen-bond acceptors (Lipinski definition) is 3. The highest BCUT2D eigenvalue weighted by Crippen LogP contribution is 2.30. The summed E-state index contributed by atoms with van der Waals surface area (Å²) in [5, 5.41) is 1.14. The van der Waals surface area contributed by atoms with Crippen LogP contribution in [0, 0.1) is 6.92 Å². The highest BCUT2D eigenvalue weighted by molar-refractivity contribution is 7.12. The van der Waals surface area contributed by atoms with Crippen LogP contribution in [0.2, 0.25) is 0 Å². The summed E-state index contributed by atoms with van der Waals surface area (Å²) in [6.07, 6.45) is 1.81.